The van der Waals surface area contributed by atoms with E-state index in [1.807, 2.05) is 18.2 Å². The average molecular weight is 290 g/mol. The summed E-state index contributed by atoms with van der Waals surface area (Å²) in [4.78, 5) is 12.0. The molecule has 1 aliphatic rings. The molecule has 0 saturated heterocycles. The second-order valence-corrected chi connectivity index (χ2v) is 5.18. The van der Waals surface area contributed by atoms with E-state index in [1.165, 1.54) is 6.42 Å². The fourth-order valence-corrected chi connectivity index (χ4v) is 2.56. The molecule has 1 saturated carbocycles. The number of benzene rings is 1. The van der Waals surface area contributed by atoms with Crippen molar-refractivity contribution in [3.05, 3.63) is 23.8 Å². The molecule has 0 heterocycles. The predicted octanol–water partition coefficient (Wildman–Crippen LogP) is 2.73. The van der Waals surface area contributed by atoms with Crippen LogP contribution in [0, 0.1) is 5.92 Å². The van der Waals surface area contributed by atoms with Gasteiger partial charge in [0, 0.05) is 11.5 Å². The van der Waals surface area contributed by atoms with E-state index in [4.69, 9.17) is 9.47 Å². The van der Waals surface area contributed by atoms with Crippen LogP contribution in [0.5, 0.6) is 11.5 Å². The Morgan fingerprint density at radius 2 is 2.00 bits per heavy atom. The summed E-state index contributed by atoms with van der Waals surface area (Å²) in [5.41, 5.74) is 3.39. The minimum absolute atomic E-state index is 0.00723. The van der Waals surface area contributed by atoms with Gasteiger partial charge in [-0.05, 0) is 31.0 Å². The molecule has 2 rings (SSSR count). The summed E-state index contributed by atoms with van der Waals surface area (Å²) in [6.07, 6.45) is 7.00. The van der Waals surface area contributed by atoms with Crippen LogP contribution in [0.1, 0.15) is 37.7 Å². The monoisotopic (exact) mass is 290 g/mol. The Labute approximate surface area is 125 Å². The van der Waals surface area contributed by atoms with Crippen molar-refractivity contribution in [2.45, 2.75) is 32.1 Å². The number of nitrogens with one attached hydrogen (secondary N) is 1. The molecule has 21 heavy (non-hydrogen) atoms. The SMILES string of the molecule is COc1ccc(OC)c(/C=N\NC(=O)C2CCCCC2)c1. The van der Waals surface area contributed by atoms with Gasteiger partial charge in [-0.15, -0.1) is 0 Å². The molecule has 5 nitrogen and oxygen atoms in total. The van der Waals surface area contributed by atoms with Crippen molar-refractivity contribution < 1.29 is 14.3 Å². The predicted molar refractivity (Wildman–Crippen MR) is 81.9 cm³/mol. The number of hydrazone groups is 1. The molecule has 0 bridgehead atoms. The van der Waals surface area contributed by atoms with Crippen LogP contribution < -0.4 is 14.9 Å². The first-order valence-electron chi connectivity index (χ1n) is 7.29. The van der Waals surface area contributed by atoms with Gasteiger partial charge in [0.05, 0.1) is 20.4 Å². The lowest BCUT2D eigenvalue weighted by molar-refractivity contribution is -0.125. The van der Waals surface area contributed by atoms with E-state index in [0.29, 0.717) is 5.75 Å². The van der Waals surface area contributed by atoms with E-state index in [9.17, 15) is 4.79 Å². The highest BCUT2D eigenvalue weighted by Gasteiger charge is 2.20. The van der Waals surface area contributed by atoms with Gasteiger partial charge in [-0.3, -0.25) is 4.79 Å². The zero-order valence-electron chi connectivity index (χ0n) is 12.6. The topological polar surface area (TPSA) is 59.9 Å². The molecule has 1 amide bonds. The van der Waals surface area contributed by atoms with E-state index in [2.05, 4.69) is 10.5 Å². The van der Waals surface area contributed by atoms with Crippen molar-refractivity contribution in [1.82, 2.24) is 5.43 Å². The fraction of sp³-hybridized carbons (Fsp3) is 0.500. The van der Waals surface area contributed by atoms with Crippen LogP contribution in [0.25, 0.3) is 0 Å². The Kier molecular flexibility index (Phi) is 5.60. The lowest BCUT2D eigenvalue weighted by Gasteiger charge is -2.19. The van der Waals surface area contributed by atoms with Gasteiger partial charge in [-0.25, -0.2) is 5.43 Å². The van der Waals surface area contributed by atoms with Gasteiger partial charge in [-0.1, -0.05) is 19.3 Å². The number of carbonyl (C=O) groups excluding carboxylic acids is 1. The molecule has 114 valence electrons. The molecule has 1 N–H and O–H groups in total. The average Bonchev–Trinajstić information content (AvgIpc) is 2.55. The zero-order chi connectivity index (χ0) is 15.1. The summed E-state index contributed by atoms with van der Waals surface area (Å²) >= 11 is 0. The van der Waals surface area contributed by atoms with Crippen LogP contribution >= 0.6 is 0 Å². The van der Waals surface area contributed by atoms with Crippen molar-refractivity contribution in [3.63, 3.8) is 0 Å². The smallest absolute Gasteiger partial charge is 0.243 e. The normalized spacial score (nSPS) is 15.9. The van der Waals surface area contributed by atoms with Crippen LogP contribution in [0.4, 0.5) is 0 Å². The molecular formula is C16H22N2O3. The van der Waals surface area contributed by atoms with E-state index in [0.717, 1.165) is 37.0 Å². The number of amides is 1. The van der Waals surface area contributed by atoms with E-state index in [1.54, 1.807) is 20.4 Å². The number of carbonyl (C=O) groups is 1. The second kappa shape index (κ2) is 7.67. The zero-order valence-corrected chi connectivity index (χ0v) is 12.6. The van der Waals surface area contributed by atoms with Crippen molar-refractivity contribution in [1.29, 1.82) is 0 Å². The van der Waals surface area contributed by atoms with Gasteiger partial charge in [0.1, 0.15) is 11.5 Å². The van der Waals surface area contributed by atoms with Crippen LogP contribution in [-0.2, 0) is 4.79 Å². The van der Waals surface area contributed by atoms with Gasteiger partial charge in [0.25, 0.3) is 0 Å². The largest absolute Gasteiger partial charge is 0.497 e. The molecule has 5 heteroatoms. The Bertz CT molecular complexity index is 508. The lowest BCUT2D eigenvalue weighted by atomic mass is 9.89. The van der Waals surface area contributed by atoms with Crippen molar-refractivity contribution in [2.24, 2.45) is 11.0 Å². The Morgan fingerprint density at radius 3 is 2.67 bits per heavy atom. The van der Waals surface area contributed by atoms with Gasteiger partial charge in [-0.2, -0.15) is 5.10 Å². The van der Waals surface area contributed by atoms with E-state index >= 15 is 0 Å². The molecule has 1 aliphatic carbocycles. The molecule has 0 atom stereocenters. The molecule has 0 aliphatic heterocycles. The number of rotatable bonds is 5. The maximum absolute atomic E-state index is 12.0. The minimum Gasteiger partial charge on any atom is -0.497 e. The van der Waals surface area contributed by atoms with Crippen molar-refractivity contribution in [2.75, 3.05) is 14.2 Å². The quantitative estimate of drug-likeness (QED) is 0.670. The summed E-state index contributed by atoms with van der Waals surface area (Å²) in [6, 6.07) is 5.44. The third kappa shape index (κ3) is 4.21. The van der Waals surface area contributed by atoms with Gasteiger partial charge in [0.15, 0.2) is 0 Å². The minimum atomic E-state index is 0.00723. The molecule has 0 aromatic heterocycles. The van der Waals surface area contributed by atoms with Gasteiger partial charge < -0.3 is 9.47 Å². The summed E-state index contributed by atoms with van der Waals surface area (Å²) in [5.74, 6) is 1.51. The highest BCUT2D eigenvalue weighted by atomic mass is 16.5. The molecule has 0 spiro atoms. The third-order valence-corrected chi connectivity index (χ3v) is 3.79. The van der Waals surface area contributed by atoms with Gasteiger partial charge in [0.2, 0.25) is 5.91 Å². The Morgan fingerprint density at radius 1 is 1.24 bits per heavy atom. The van der Waals surface area contributed by atoms with Crippen LogP contribution in [0.3, 0.4) is 0 Å². The first kappa shape index (κ1) is 15.4. The molecule has 1 aromatic rings. The highest BCUT2D eigenvalue weighted by Crippen LogP contribution is 2.24. The highest BCUT2D eigenvalue weighted by molar-refractivity contribution is 5.86. The van der Waals surface area contributed by atoms with Crippen LogP contribution in [0.2, 0.25) is 0 Å². The summed E-state index contributed by atoms with van der Waals surface area (Å²) in [6.45, 7) is 0. The van der Waals surface area contributed by atoms with E-state index in [-0.39, 0.29) is 11.8 Å². The fourth-order valence-electron chi connectivity index (χ4n) is 2.56. The van der Waals surface area contributed by atoms with Crippen LogP contribution in [-0.4, -0.2) is 26.3 Å². The standard InChI is InChI=1S/C16H22N2O3/c1-20-14-8-9-15(21-2)13(10-14)11-17-18-16(19)12-6-4-3-5-7-12/h8-12H,3-7H2,1-2H3,(H,18,19)/b17-11-. The molecular weight excluding hydrogens is 268 g/mol. The first-order valence-corrected chi connectivity index (χ1v) is 7.29. The molecule has 1 aromatic carbocycles. The van der Waals surface area contributed by atoms with Gasteiger partial charge >= 0.3 is 0 Å². The summed E-state index contributed by atoms with van der Waals surface area (Å²) in [5, 5.41) is 4.04. The number of ether oxygens (including phenoxy) is 2. The number of nitrogens with zero attached hydrogens (tertiary/aromatic N) is 1. The number of hydrogen-bond donors (Lipinski definition) is 1. The van der Waals surface area contributed by atoms with Crippen LogP contribution in [0.15, 0.2) is 23.3 Å². The molecule has 0 unspecified atom stereocenters. The summed E-state index contributed by atoms with van der Waals surface area (Å²) in [7, 11) is 3.20. The Balaban J connectivity index is 1.98. The maximum Gasteiger partial charge on any atom is 0.243 e. The molecule has 1 fully saturated rings. The maximum atomic E-state index is 12.0. The van der Waals surface area contributed by atoms with Crippen molar-refractivity contribution in [3.8, 4) is 11.5 Å². The van der Waals surface area contributed by atoms with Crippen molar-refractivity contribution >= 4 is 12.1 Å². The first-order chi connectivity index (χ1) is 10.2. The Hall–Kier alpha value is -2.04. The summed E-state index contributed by atoms with van der Waals surface area (Å²) < 4.78 is 10.4. The number of hydrogen-bond acceptors (Lipinski definition) is 4. The number of methoxy groups -OCH3 is 2. The van der Waals surface area contributed by atoms with E-state index < -0.39 is 0 Å². The second-order valence-electron chi connectivity index (χ2n) is 5.18. The third-order valence-electron chi connectivity index (χ3n) is 3.79. The lowest BCUT2D eigenvalue weighted by Crippen LogP contribution is -2.28. The molecule has 0 radical (unpaired) electrons.